The Morgan fingerprint density at radius 3 is 2.42 bits per heavy atom. The van der Waals surface area contributed by atoms with Crippen molar-refractivity contribution in [3.63, 3.8) is 0 Å². The molecule has 0 atom stereocenters. The minimum absolute atomic E-state index is 0.0619. The van der Waals surface area contributed by atoms with E-state index in [-0.39, 0.29) is 29.7 Å². The SMILES string of the molecule is O=C(CSc1ccc(NC(=O)/C(=C/c2ccc(Br)cc2)NC(=O)c2ccccc2F)cc1)NCc1ccc2c(c1)OCO2. The fraction of sp³-hybridized carbons (Fsp3) is 0.0938. The molecule has 0 saturated heterocycles. The zero-order chi connectivity index (χ0) is 30.2. The van der Waals surface area contributed by atoms with Crippen LogP contribution >= 0.6 is 27.7 Å². The van der Waals surface area contributed by atoms with E-state index in [9.17, 15) is 18.8 Å². The first-order chi connectivity index (χ1) is 20.8. The molecule has 3 amide bonds. The van der Waals surface area contributed by atoms with E-state index in [1.807, 2.05) is 18.2 Å². The van der Waals surface area contributed by atoms with Crippen LogP contribution in [0.4, 0.5) is 10.1 Å². The van der Waals surface area contributed by atoms with Crippen molar-refractivity contribution in [1.29, 1.82) is 0 Å². The van der Waals surface area contributed by atoms with Crippen molar-refractivity contribution >= 4 is 57.2 Å². The third-order valence-electron chi connectivity index (χ3n) is 6.20. The highest BCUT2D eigenvalue weighted by Gasteiger charge is 2.18. The van der Waals surface area contributed by atoms with Crippen LogP contribution in [0.5, 0.6) is 11.5 Å². The second-order valence-electron chi connectivity index (χ2n) is 9.28. The van der Waals surface area contributed by atoms with Crippen LogP contribution < -0.4 is 25.4 Å². The summed E-state index contributed by atoms with van der Waals surface area (Å²) in [5, 5.41) is 8.18. The Morgan fingerprint density at radius 2 is 1.65 bits per heavy atom. The molecule has 1 aliphatic rings. The van der Waals surface area contributed by atoms with Gasteiger partial charge in [0, 0.05) is 21.6 Å². The molecule has 0 bridgehead atoms. The smallest absolute Gasteiger partial charge is 0.272 e. The number of nitrogens with one attached hydrogen (secondary N) is 3. The number of carbonyl (C=O) groups is 3. The van der Waals surface area contributed by atoms with Crippen LogP contribution in [0, 0.1) is 5.82 Å². The number of benzene rings is 4. The van der Waals surface area contributed by atoms with E-state index >= 15 is 0 Å². The summed E-state index contributed by atoms with van der Waals surface area (Å²) in [6, 6.07) is 25.2. The number of thioether (sulfide) groups is 1. The van der Waals surface area contributed by atoms with E-state index in [1.165, 1.54) is 36.0 Å². The summed E-state index contributed by atoms with van der Waals surface area (Å²) in [4.78, 5) is 39.2. The molecule has 0 saturated carbocycles. The van der Waals surface area contributed by atoms with E-state index in [0.29, 0.717) is 29.3 Å². The fourth-order valence-electron chi connectivity index (χ4n) is 4.00. The molecule has 3 N–H and O–H groups in total. The Bertz CT molecular complexity index is 1680. The molecular formula is C32H25BrFN3O5S. The number of fused-ring (bicyclic) bond motifs is 1. The van der Waals surface area contributed by atoms with Gasteiger partial charge in [0.1, 0.15) is 11.5 Å². The highest BCUT2D eigenvalue weighted by molar-refractivity contribution is 9.10. The molecule has 4 aromatic rings. The third-order valence-corrected chi connectivity index (χ3v) is 7.74. The van der Waals surface area contributed by atoms with Gasteiger partial charge in [-0.1, -0.05) is 46.3 Å². The first-order valence-corrected chi connectivity index (χ1v) is 14.8. The molecule has 218 valence electrons. The lowest BCUT2D eigenvalue weighted by molar-refractivity contribution is -0.118. The molecule has 11 heteroatoms. The standard InChI is InChI=1S/C32H25BrFN3O5S/c33-22-8-5-20(6-9-22)15-27(37-31(39)25-3-1-2-4-26(25)34)32(40)36-23-10-12-24(13-11-23)43-18-30(38)35-17-21-7-14-28-29(16-21)42-19-41-28/h1-16H,17-19H2,(H,35,38)(H,36,40)(H,37,39)/b27-15-. The van der Waals surface area contributed by atoms with Crippen molar-refractivity contribution in [1.82, 2.24) is 10.6 Å². The van der Waals surface area contributed by atoms with E-state index in [1.54, 1.807) is 54.6 Å². The van der Waals surface area contributed by atoms with Crippen LogP contribution in [0.15, 0.2) is 106 Å². The van der Waals surface area contributed by atoms with Gasteiger partial charge in [-0.05, 0) is 77.9 Å². The van der Waals surface area contributed by atoms with Crippen molar-refractivity contribution in [3.8, 4) is 11.5 Å². The summed E-state index contributed by atoms with van der Waals surface area (Å²) in [7, 11) is 0. The van der Waals surface area contributed by atoms with Gasteiger partial charge in [-0.3, -0.25) is 14.4 Å². The summed E-state index contributed by atoms with van der Waals surface area (Å²) < 4.78 is 25.7. The number of hydrogen-bond acceptors (Lipinski definition) is 6. The van der Waals surface area contributed by atoms with Gasteiger partial charge >= 0.3 is 0 Å². The molecule has 1 heterocycles. The van der Waals surface area contributed by atoms with Crippen molar-refractivity contribution < 1.29 is 28.2 Å². The predicted molar refractivity (Wildman–Crippen MR) is 166 cm³/mol. The Morgan fingerprint density at radius 1 is 0.907 bits per heavy atom. The van der Waals surface area contributed by atoms with Crippen LogP contribution in [0.3, 0.4) is 0 Å². The number of rotatable bonds is 10. The van der Waals surface area contributed by atoms with Crippen LogP contribution in [0.25, 0.3) is 6.08 Å². The fourth-order valence-corrected chi connectivity index (χ4v) is 5.00. The minimum atomic E-state index is -0.750. The Hall–Kier alpha value is -4.61. The average molecular weight is 663 g/mol. The number of anilines is 1. The monoisotopic (exact) mass is 661 g/mol. The number of carbonyl (C=O) groups excluding carboxylic acids is 3. The van der Waals surface area contributed by atoms with Crippen LogP contribution in [-0.4, -0.2) is 30.3 Å². The summed E-state index contributed by atoms with van der Waals surface area (Å²) in [6.45, 7) is 0.560. The summed E-state index contributed by atoms with van der Waals surface area (Å²) in [6.07, 6.45) is 1.51. The van der Waals surface area contributed by atoms with Crippen LogP contribution in [-0.2, 0) is 16.1 Å². The van der Waals surface area contributed by atoms with Crippen molar-refractivity contribution in [2.45, 2.75) is 11.4 Å². The molecule has 0 spiro atoms. The van der Waals surface area contributed by atoms with Crippen LogP contribution in [0.2, 0.25) is 0 Å². The van der Waals surface area contributed by atoms with E-state index in [0.717, 1.165) is 14.9 Å². The number of halogens is 2. The van der Waals surface area contributed by atoms with Gasteiger partial charge < -0.3 is 25.4 Å². The largest absolute Gasteiger partial charge is 0.454 e. The summed E-state index contributed by atoms with van der Waals surface area (Å²) in [5.74, 6) is -0.605. The maximum Gasteiger partial charge on any atom is 0.272 e. The summed E-state index contributed by atoms with van der Waals surface area (Å²) in [5.41, 5.74) is 1.79. The quantitative estimate of drug-likeness (QED) is 0.139. The second kappa shape index (κ2) is 14.0. The van der Waals surface area contributed by atoms with Gasteiger partial charge in [0.15, 0.2) is 11.5 Å². The molecule has 5 rings (SSSR count). The normalized spacial score (nSPS) is 12.0. The molecule has 0 aromatic heterocycles. The molecule has 1 aliphatic heterocycles. The molecule has 0 fully saturated rings. The second-order valence-corrected chi connectivity index (χ2v) is 11.2. The number of amides is 3. The lowest BCUT2D eigenvalue weighted by Gasteiger charge is -2.12. The number of ether oxygens (including phenoxy) is 2. The van der Waals surface area contributed by atoms with Crippen LogP contribution in [0.1, 0.15) is 21.5 Å². The first-order valence-electron chi connectivity index (χ1n) is 13.1. The Balaban J connectivity index is 1.18. The van der Waals surface area contributed by atoms with Gasteiger partial charge in [-0.15, -0.1) is 11.8 Å². The predicted octanol–water partition coefficient (Wildman–Crippen LogP) is 6.14. The van der Waals surface area contributed by atoms with Gasteiger partial charge in [0.05, 0.1) is 11.3 Å². The van der Waals surface area contributed by atoms with Crippen molar-refractivity contribution in [2.75, 3.05) is 17.9 Å². The molecule has 0 unspecified atom stereocenters. The van der Waals surface area contributed by atoms with Gasteiger partial charge in [-0.2, -0.15) is 0 Å². The third kappa shape index (κ3) is 8.24. The molecular weight excluding hydrogens is 637 g/mol. The zero-order valence-corrected chi connectivity index (χ0v) is 25.0. The Labute approximate surface area is 259 Å². The Kier molecular flexibility index (Phi) is 9.75. The first kappa shape index (κ1) is 29.9. The lowest BCUT2D eigenvalue weighted by atomic mass is 10.1. The topological polar surface area (TPSA) is 106 Å². The van der Waals surface area contributed by atoms with E-state index < -0.39 is 17.6 Å². The molecule has 8 nitrogen and oxygen atoms in total. The van der Waals surface area contributed by atoms with E-state index in [2.05, 4.69) is 31.9 Å². The zero-order valence-electron chi connectivity index (χ0n) is 22.6. The van der Waals surface area contributed by atoms with Crippen molar-refractivity contribution in [2.24, 2.45) is 0 Å². The highest BCUT2D eigenvalue weighted by atomic mass is 79.9. The molecule has 0 aliphatic carbocycles. The van der Waals surface area contributed by atoms with E-state index in [4.69, 9.17) is 9.47 Å². The van der Waals surface area contributed by atoms with Crippen molar-refractivity contribution in [3.05, 3.63) is 124 Å². The maximum atomic E-state index is 14.2. The van der Waals surface area contributed by atoms with Gasteiger partial charge in [0.2, 0.25) is 12.7 Å². The van der Waals surface area contributed by atoms with Gasteiger partial charge in [0.25, 0.3) is 11.8 Å². The maximum absolute atomic E-state index is 14.2. The molecule has 43 heavy (non-hydrogen) atoms. The summed E-state index contributed by atoms with van der Waals surface area (Å²) >= 11 is 4.72. The average Bonchev–Trinajstić information content (AvgIpc) is 3.48. The molecule has 0 radical (unpaired) electrons. The molecule has 4 aromatic carbocycles. The lowest BCUT2D eigenvalue weighted by Crippen LogP contribution is -2.31. The van der Waals surface area contributed by atoms with Gasteiger partial charge in [-0.25, -0.2) is 4.39 Å². The number of hydrogen-bond donors (Lipinski definition) is 3. The minimum Gasteiger partial charge on any atom is -0.454 e. The highest BCUT2D eigenvalue weighted by Crippen LogP contribution is 2.32.